The molecular formula is C17H19NO2S. The molecule has 1 aliphatic heterocycles. The van der Waals surface area contributed by atoms with Gasteiger partial charge in [0.15, 0.2) is 9.84 Å². The van der Waals surface area contributed by atoms with Gasteiger partial charge in [-0.3, -0.25) is 0 Å². The summed E-state index contributed by atoms with van der Waals surface area (Å²) in [5, 5.41) is 2.90. The van der Waals surface area contributed by atoms with Gasteiger partial charge in [-0.15, -0.1) is 0 Å². The minimum Gasteiger partial charge on any atom is -0.309 e. The van der Waals surface area contributed by atoms with Crippen molar-refractivity contribution in [3.8, 4) is 0 Å². The van der Waals surface area contributed by atoms with Gasteiger partial charge in [0.05, 0.1) is 11.8 Å². The predicted octanol–water partition coefficient (Wildman–Crippen LogP) is 2.88. The van der Waals surface area contributed by atoms with Crippen LogP contribution < -0.4 is 5.32 Å². The summed E-state index contributed by atoms with van der Waals surface area (Å²) in [7, 11) is -3.17. The van der Waals surface area contributed by atoms with Crippen molar-refractivity contribution in [3.63, 3.8) is 0 Å². The molecule has 3 nitrogen and oxygen atoms in total. The molecule has 0 radical (unpaired) electrons. The molecule has 4 heteroatoms. The highest BCUT2D eigenvalue weighted by atomic mass is 32.2. The molecule has 1 saturated heterocycles. The standard InChI is InChI=1S/C17H19NO2S/c19-21(20)13-7-12-18-16(14-8-3-1-4-9-14)17(21)15-10-5-2-6-11-15/h1-6,8-11,16-18H,7,12-13H2. The molecule has 0 amide bonds. The maximum atomic E-state index is 12.7. The number of hydrogen-bond acceptors (Lipinski definition) is 3. The quantitative estimate of drug-likeness (QED) is 0.928. The minimum absolute atomic E-state index is 0.193. The molecule has 2 unspecified atom stereocenters. The summed E-state index contributed by atoms with van der Waals surface area (Å²) in [6.07, 6.45) is 0.662. The third kappa shape index (κ3) is 3.01. The van der Waals surface area contributed by atoms with E-state index in [2.05, 4.69) is 5.32 Å². The van der Waals surface area contributed by atoms with Gasteiger partial charge < -0.3 is 5.32 Å². The molecule has 21 heavy (non-hydrogen) atoms. The Morgan fingerprint density at radius 2 is 1.43 bits per heavy atom. The molecule has 2 aromatic carbocycles. The molecule has 110 valence electrons. The first-order chi connectivity index (χ1) is 10.2. The SMILES string of the molecule is O=S1(=O)CCCNC(c2ccccc2)C1c1ccccc1. The average molecular weight is 301 g/mol. The fourth-order valence-corrected chi connectivity index (χ4v) is 5.01. The Bertz CT molecular complexity index is 683. The first-order valence-corrected chi connectivity index (χ1v) is 8.95. The van der Waals surface area contributed by atoms with E-state index in [1.165, 1.54) is 0 Å². The minimum atomic E-state index is -3.17. The lowest BCUT2D eigenvalue weighted by Gasteiger charge is -2.26. The molecule has 1 N–H and O–H groups in total. The third-order valence-electron chi connectivity index (χ3n) is 3.95. The van der Waals surface area contributed by atoms with E-state index in [-0.39, 0.29) is 11.8 Å². The number of sulfone groups is 1. The van der Waals surface area contributed by atoms with E-state index >= 15 is 0 Å². The summed E-state index contributed by atoms with van der Waals surface area (Å²) in [6.45, 7) is 0.724. The Morgan fingerprint density at radius 3 is 2.05 bits per heavy atom. The van der Waals surface area contributed by atoms with Crippen LogP contribution in [0.5, 0.6) is 0 Å². The van der Waals surface area contributed by atoms with E-state index in [0.717, 1.165) is 17.7 Å². The molecule has 2 aromatic rings. The van der Waals surface area contributed by atoms with E-state index in [0.29, 0.717) is 6.42 Å². The Labute approximate surface area is 125 Å². The van der Waals surface area contributed by atoms with Gasteiger partial charge in [-0.05, 0) is 24.1 Å². The van der Waals surface area contributed by atoms with Crippen LogP contribution in [0.2, 0.25) is 0 Å². The van der Waals surface area contributed by atoms with Crippen LogP contribution in [-0.4, -0.2) is 20.7 Å². The van der Waals surface area contributed by atoms with Crippen molar-refractivity contribution < 1.29 is 8.42 Å². The highest BCUT2D eigenvalue weighted by molar-refractivity contribution is 7.91. The Morgan fingerprint density at radius 1 is 0.857 bits per heavy atom. The second-order valence-corrected chi connectivity index (χ2v) is 7.64. The van der Waals surface area contributed by atoms with Crippen LogP contribution in [0, 0.1) is 0 Å². The van der Waals surface area contributed by atoms with Crippen molar-refractivity contribution in [1.82, 2.24) is 5.32 Å². The summed E-state index contributed by atoms with van der Waals surface area (Å²) < 4.78 is 25.5. The molecule has 1 heterocycles. The highest BCUT2D eigenvalue weighted by Crippen LogP contribution is 2.37. The molecule has 1 fully saturated rings. The fraction of sp³-hybridized carbons (Fsp3) is 0.294. The summed E-state index contributed by atoms with van der Waals surface area (Å²) in [5.74, 6) is 0.239. The number of nitrogens with one attached hydrogen (secondary N) is 1. The molecule has 2 atom stereocenters. The van der Waals surface area contributed by atoms with E-state index in [1.807, 2.05) is 60.7 Å². The van der Waals surface area contributed by atoms with Crippen molar-refractivity contribution in [2.75, 3.05) is 12.3 Å². The van der Waals surface area contributed by atoms with Gasteiger partial charge in [0.1, 0.15) is 5.25 Å². The lowest BCUT2D eigenvalue weighted by molar-refractivity contribution is 0.513. The van der Waals surface area contributed by atoms with Gasteiger partial charge in [-0.25, -0.2) is 8.42 Å². The summed E-state index contributed by atoms with van der Waals surface area (Å²) in [6, 6.07) is 19.2. The summed E-state index contributed by atoms with van der Waals surface area (Å²) >= 11 is 0. The molecule has 3 rings (SSSR count). The van der Waals surface area contributed by atoms with Crippen LogP contribution in [0.1, 0.15) is 28.8 Å². The zero-order valence-corrected chi connectivity index (χ0v) is 12.6. The first kappa shape index (κ1) is 14.3. The van der Waals surface area contributed by atoms with E-state index in [9.17, 15) is 8.42 Å². The third-order valence-corrected chi connectivity index (χ3v) is 6.12. The zero-order chi connectivity index (χ0) is 14.7. The van der Waals surface area contributed by atoms with Gasteiger partial charge in [0, 0.05) is 0 Å². The van der Waals surface area contributed by atoms with Crippen molar-refractivity contribution in [3.05, 3.63) is 71.8 Å². The van der Waals surface area contributed by atoms with Crippen molar-refractivity contribution >= 4 is 9.84 Å². The van der Waals surface area contributed by atoms with E-state index < -0.39 is 15.1 Å². The maximum Gasteiger partial charge on any atom is 0.159 e. The number of hydrogen-bond donors (Lipinski definition) is 1. The lowest BCUT2D eigenvalue weighted by atomic mass is 9.98. The summed E-state index contributed by atoms with van der Waals surface area (Å²) in [4.78, 5) is 0. The van der Waals surface area contributed by atoms with E-state index in [1.54, 1.807) is 0 Å². The second kappa shape index (κ2) is 6.00. The largest absolute Gasteiger partial charge is 0.309 e. The molecule has 0 saturated carbocycles. The normalized spacial score (nSPS) is 25.1. The first-order valence-electron chi connectivity index (χ1n) is 7.23. The van der Waals surface area contributed by atoms with Gasteiger partial charge in [0.25, 0.3) is 0 Å². The van der Waals surface area contributed by atoms with Gasteiger partial charge >= 0.3 is 0 Å². The smallest absolute Gasteiger partial charge is 0.159 e. The van der Waals surface area contributed by atoms with Crippen molar-refractivity contribution in [2.24, 2.45) is 0 Å². The fourth-order valence-electron chi connectivity index (χ4n) is 2.97. The van der Waals surface area contributed by atoms with Crippen LogP contribution in [0.25, 0.3) is 0 Å². The molecule has 0 bridgehead atoms. The maximum absolute atomic E-state index is 12.7. The van der Waals surface area contributed by atoms with Gasteiger partial charge in [0.2, 0.25) is 0 Å². The number of benzene rings is 2. The molecular weight excluding hydrogens is 282 g/mol. The molecule has 0 spiro atoms. The zero-order valence-electron chi connectivity index (χ0n) is 11.8. The van der Waals surface area contributed by atoms with Crippen molar-refractivity contribution in [2.45, 2.75) is 17.7 Å². The Balaban J connectivity index is 2.11. The van der Waals surface area contributed by atoms with Crippen LogP contribution in [0.4, 0.5) is 0 Å². The topological polar surface area (TPSA) is 46.2 Å². The van der Waals surface area contributed by atoms with Crippen LogP contribution in [0.15, 0.2) is 60.7 Å². The lowest BCUT2D eigenvalue weighted by Crippen LogP contribution is -2.29. The van der Waals surface area contributed by atoms with Gasteiger partial charge in [-0.1, -0.05) is 60.7 Å². The van der Waals surface area contributed by atoms with Crippen LogP contribution in [0.3, 0.4) is 0 Å². The molecule has 1 aliphatic rings. The van der Waals surface area contributed by atoms with Gasteiger partial charge in [-0.2, -0.15) is 0 Å². The van der Waals surface area contributed by atoms with Crippen LogP contribution >= 0.6 is 0 Å². The second-order valence-electron chi connectivity index (χ2n) is 5.39. The highest BCUT2D eigenvalue weighted by Gasteiger charge is 2.37. The molecule has 0 aliphatic carbocycles. The monoisotopic (exact) mass is 301 g/mol. The summed E-state index contributed by atoms with van der Waals surface area (Å²) in [5.41, 5.74) is 1.89. The molecule has 0 aromatic heterocycles. The van der Waals surface area contributed by atoms with E-state index in [4.69, 9.17) is 0 Å². The van der Waals surface area contributed by atoms with Crippen LogP contribution in [-0.2, 0) is 9.84 Å². The van der Waals surface area contributed by atoms with Crippen molar-refractivity contribution in [1.29, 1.82) is 0 Å². The number of rotatable bonds is 2. The average Bonchev–Trinajstić information content (AvgIpc) is 2.67. The Kier molecular flexibility index (Phi) is 4.08. The Hall–Kier alpha value is -1.65. The predicted molar refractivity (Wildman–Crippen MR) is 84.8 cm³/mol.